The molecule has 0 aliphatic heterocycles. The smallest absolute Gasteiger partial charge is 0.132 e. The third-order valence-electron chi connectivity index (χ3n) is 2.81. The van der Waals surface area contributed by atoms with Gasteiger partial charge in [0.05, 0.1) is 25.1 Å². The van der Waals surface area contributed by atoms with Crippen LogP contribution in [0.2, 0.25) is 0 Å². The Labute approximate surface area is 100 Å². The standard InChI is InChI=1S/C12H17N3O2/c1-9-11(8-16)12(15(3)13-9)14(2)7-10-5-4-6-17-10/h4-6,16H,7-8H2,1-3H3. The van der Waals surface area contributed by atoms with Crippen molar-refractivity contribution in [1.29, 1.82) is 0 Å². The Morgan fingerprint density at radius 3 is 2.88 bits per heavy atom. The van der Waals surface area contributed by atoms with Crippen LogP contribution in [0.25, 0.3) is 0 Å². The van der Waals surface area contributed by atoms with Gasteiger partial charge < -0.3 is 14.4 Å². The lowest BCUT2D eigenvalue weighted by Gasteiger charge is -2.19. The van der Waals surface area contributed by atoms with Crippen molar-refractivity contribution in [2.75, 3.05) is 11.9 Å². The van der Waals surface area contributed by atoms with Crippen LogP contribution >= 0.6 is 0 Å². The van der Waals surface area contributed by atoms with E-state index in [9.17, 15) is 5.11 Å². The number of hydrogen-bond acceptors (Lipinski definition) is 4. The van der Waals surface area contributed by atoms with Crippen LogP contribution in [0.5, 0.6) is 0 Å². The number of rotatable bonds is 4. The number of aliphatic hydroxyl groups is 1. The molecule has 0 amide bonds. The molecule has 1 N–H and O–H groups in total. The summed E-state index contributed by atoms with van der Waals surface area (Å²) in [6.45, 7) is 2.55. The van der Waals surface area contributed by atoms with Crippen molar-refractivity contribution in [2.24, 2.45) is 7.05 Å². The first-order valence-electron chi connectivity index (χ1n) is 5.50. The topological polar surface area (TPSA) is 54.4 Å². The van der Waals surface area contributed by atoms with Crippen molar-refractivity contribution in [1.82, 2.24) is 9.78 Å². The molecule has 17 heavy (non-hydrogen) atoms. The normalized spacial score (nSPS) is 10.8. The molecule has 0 spiro atoms. The molecule has 0 bridgehead atoms. The molecule has 0 aromatic carbocycles. The lowest BCUT2D eigenvalue weighted by atomic mass is 10.2. The van der Waals surface area contributed by atoms with Gasteiger partial charge in [0.1, 0.15) is 11.6 Å². The molecule has 92 valence electrons. The van der Waals surface area contributed by atoms with Gasteiger partial charge >= 0.3 is 0 Å². The third-order valence-corrected chi connectivity index (χ3v) is 2.81. The molecule has 0 saturated carbocycles. The monoisotopic (exact) mass is 235 g/mol. The molecule has 0 fully saturated rings. The molecule has 0 saturated heterocycles. The third kappa shape index (κ3) is 2.19. The number of anilines is 1. The molecule has 0 atom stereocenters. The zero-order valence-corrected chi connectivity index (χ0v) is 10.3. The van der Waals surface area contributed by atoms with Crippen molar-refractivity contribution in [3.8, 4) is 0 Å². The summed E-state index contributed by atoms with van der Waals surface area (Å²) in [5, 5.41) is 13.7. The SMILES string of the molecule is Cc1nn(C)c(N(C)Cc2ccco2)c1CO. The Morgan fingerprint density at radius 2 is 2.29 bits per heavy atom. The highest BCUT2D eigenvalue weighted by Gasteiger charge is 2.16. The lowest BCUT2D eigenvalue weighted by Crippen LogP contribution is -2.20. The van der Waals surface area contributed by atoms with E-state index >= 15 is 0 Å². The van der Waals surface area contributed by atoms with Crippen LogP contribution in [0.3, 0.4) is 0 Å². The number of aliphatic hydroxyl groups excluding tert-OH is 1. The minimum Gasteiger partial charge on any atom is -0.467 e. The Hall–Kier alpha value is -1.75. The maximum atomic E-state index is 9.38. The van der Waals surface area contributed by atoms with E-state index < -0.39 is 0 Å². The van der Waals surface area contributed by atoms with E-state index in [1.165, 1.54) is 0 Å². The van der Waals surface area contributed by atoms with E-state index in [1.807, 2.05) is 38.1 Å². The number of hydrogen-bond donors (Lipinski definition) is 1. The lowest BCUT2D eigenvalue weighted by molar-refractivity contribution is 0.281. The highest BCUT2D eigenvalue weighted by molar-refractivity contribution is 5.49. The molecule has 0 aliphatic carbocycles. The molecule has 2 rings (SSSR count). The average Bonchev–Trinajstić information content (AvgIpc) is 2.85. The molecule has 2 aromatic rings. The van der Waals surface area contributed by atoms with E-state index in [2.05, 4.69) is 5.10 Å². The van der Waals surface area contributed by atoms with Gasteiger partial charge in [0.25, 0.3) is 0 Å². The molecule has 0 radical (unpaired) electrons. The highest BCUT2D eigenvalue weighted by Crippen LogP contribution is 2.23. The second-order valence-electron chi connectivity index (χ2n) is 4.10. The Bertz CT molecular complexity index is 488. The van der Waals surface area contributed by atoms with Gasteiger partial charge in [0.15, 0.2) is 0 Å². The first kappa shape index (κ1) is 11.7. The van der Waals surface area contributed by atoms with E-state index in [1.54, 1.807) is 10.9 Å². The van der Waals surface area contributed by atoms with Crippen molar-refractivity contribution in [2.45, 2.75) is 20.1 Å². The average molecular weight is 235 g/mol. The summed E-state index contributed by atoms with van der Waals surface area (Å²) < 4.78 is 7.09. The summed E-state index contributed by atoms with van der Waals surface area (Å²) in [6, 6.07) is 3.79. The predicted molar refractivity (Wildman–Crippen MR) is 64.7 cm³/mol. The molecular weight excluding hydrogens is 218 g/mol. The fourth-order valence-electron chi connectivity index (χ4n) is 2.06. The maximum absolute atomic E-state index is 9.38. The molecule has 0 aliphatic rings. The highest BCUT2D eigenvalue weighted by atomic mass is 16.3. The van der Waals surface area contributed by atoms with Gasteiger partial charge in [-0.05, 0) is 19.1 Å². The van der Waals surface area contributed by atoms with E-state index in [4.69, 9.17) is 4.42 Å². The van der Waals surface area contributed by atoms with Gasteiger partial charge in [-0.25, -0.2) is 0 Å². The van der Waals surface area contributed by atoms with Gasteiger partial charge in [0.2, 0.25) is 0 Å². The maximum Gasteiger partial charge on any atom is 0.132 e. The largest absolute Gasteiger partial charge is 0.467 e. The number of nitrogens with zero attached hydrogens (tertiary/aromatic N) is 3. The summed E-state index contributed by atoms with van der Waals surface area (Å²) in [5.41, 5.74) is 1.72. The fourth-order valence-corrected chi connectivity index (χ4v) is 2.06. The second-order valence-corrected chi connectivity index (χ2v) is 4.10. The fraction of sp³-hybridized carbons (Fsp3) is 0.417. The molecule has 5 nitrogen and oxygen atoms in total. The molecule has 2 aromatic heterocycles. The zero-order chi connectivity index (χ0) is 12.4. The minimum absolute atomic E-state index is 0.00248. The van der Waals surface area contributed by atoms with E-state index in [0.29, 0.717) is 6.54 Å². The first-order valence-corrected chi connectivity index (χ1v) is 5.50. The number of aryl methyl sites for hydroxylation is 2. The van der Waals surface area contributed by atoms with Crippen LogP contribution in [-0.2, 0) is 20.2 Å². The van der Waals surface area contributed by atoms with E-state index in [-0.39, 0.29) is 6.61 Å². The minimum atomic E-state index is -0.00248. The second kappa shape index (κ2) is 4.63. The van der Waals surface area contributed by atoms with Gasteiger partial charge in [-0.15, -0.1) is 0 Å². The molecule has 0 unspecified atom stereocenters. The summed E-state index contributed by atoms with van der Waals surface area (Å²) in [6.07, 6.45) is 1.66. The van der Waals surface area contributed by atoms with Crippen LogP contribution in [-0.4, -0.2) is 21.9 Å². The summed E-state index contributed by atoms with van der Waals surface area (Å²) >= 11 is 0. The van der Waals surface area contributed by atoms with Crippen LogP contribution < -0.4 is 4.90 Å². The Kier molecular flexibility index (Phi) is 3.19. The van der Waals surface area contributed by atoms with Gasteiger partial charge in [-0.1, -0.05) is 0 Å². The molecular formula is C12H17N3O2. The molecule has 5 heteroatoms. The van der Waals surface area contributed by atoms with Crippen LogP contribution in [0.1, 0.15) is 17.0 Å². The van der Waals surface area contributed by atoms with Gasteiger partial charge in [0, 0.05) is 19.7 Å². The predicted octanol–water partition coefficient (Wildman–Crippen LogP) is 1.45. The number of aromatic nitrogens is 2. The van der Waals surface area contributed by atoms with Crippen LogP contribution in [0.15, 0.2) is 22.8 Å². The van der Waals surface area contributed by atoms with E-state index in [0.717, 1.165) is 22.8 Å². The summed E-state index contributed by atoms with van der Waals surface area (Å²) in [4.78, 5) is 2.02. The Balaban J connectivity index is 2.27. The van der Waals surface area contributed by atoms with Crippen molar-refractivity contribution in [3.05, 3.63) is 35.4 Å². The van der Waals surface area contributed by atoms with Crippen LogP contribution in [0.4, 0.5) is 5.82 Å². The summed E-state index contributed by atoms with van der Waals surface area (Å²) in [7, 11) is 3.83. The van der Waals surface area contributed by atoms with Crippen LogP contribution in [0, 0.1) is 6.92 Å². The van der Waals surface area contributed by atoms with Crippen molar-refractivity contribution >= 4 is 5.82 Å². The van der Waals surface area contributed by atoms with Crippen molar-refractivity contribution in [3.63, 3.8) is 0 Å². The summed E-state index contributed by atoms with van der Waals surface area (Å²) in [5.74, 6) is 1.80. The quantitative estimate of drug-likeness (QED) is 0.871. The first-order chi connectivity index (χ1) is 8.13. The zero-order valence-electron chi connectivity index (χ0n) is 10.3. The molecule has 2 heterocycles. The van der Waals surface area contributed by atoms with Gasteiger partial charge in [-0.2, -0.15) is 5.10 Å². The number of furan rings is 1. The van der Waals surface area contributed by atoms with Crippen molar-refractivity contribution < 1.29 is 9.52 Å². The van der Waals surface area contributed by atoms with Gasteiger partial charge in [-0.3, -0.25) is 4.68 Å². The Morgan fingerprint density at radius 1 is 1.53 bits per heavy atom.